The van der Waals surface area contributed by atoms with Gasteiger partial charge in [-0.05, 0) is 54.5 Å². The van der Waals surface area contributed by atoms with Gasteiger partial charge in [-0.25, -0.2) is 4.79 Å². The molecule has 0 amide bonds. The molecule has 2 aromatic carbocycles. The first-order valence-electron chi connectivity index (χ1n) is 7.83. The van der Waals surface area contributed by atoms with Gasteiger partial charge in [-0.3, -0.25) is 0 Å². The summed E-state index contributed by atoms with van der Waals surface area (Å²) in [4.78, 5) is 12.1. The normalized spacial score (nSPS) is 14.3. The average Bonchev–Trinajstić information content (AvgIpc) is 2.61. The highest BCUT2D eigenvalue weighted by Crippen LogP contribution is 2.20. The summed E-state index contributed by atoms with van der Waals surface area (Å²) < 4.78 is 5.41. The molecular formula is C20H20O2. The number of ether oxygens (including phenoxy) is 1. The van der Waals surface area contributed by atoms with Crippen LogP contribution in [0.4, 0.5) is 0 Å². The summed E-state index contributed by atoms with van der Waals surface area (Å²) in [6, 6.07) is 17.7. The Balaban J connectivity index is 1.62. The molecule has 0 saturated heterocycles. The van der Waals surface area contributed by atoms with Crippen molar-refractivity contribution < 1.29 is 9.53 Å². The minimum absolute atomic E-state index is 0.244. The lowest BCUT2D eigenvalue weighted by Gasteiger charge is -2.13. The Labute approximate surface area is 131 Å². The summed E-state index contributed by atoms with van der Waals surface area (Å²) in [5.41, 5.74) is 4.11. The van der Waals surface area contributed by atoms with E-state index in [1.807, 2.05) is 42.5 Å². The molecule has 3 rings (SSSR count). The topological polar surface area (TPSA) is 26.3 Å². The van der Waals surface area contributed by atoms with Crippen LogP contribution in [-0.2, 0) is 4.74 Å². The van der Waals surface area contributed by atoms with E-state index in [-0.39, 0.29) is 5.97 Å². The van der Waals surface area contributed by atoms with Crippen LogP contribution in [0.2, 0.25) is 0 Å². The molecule has 0 aromatic heterocycles. The molecular weight excluding hydrogens is 272 g/mol. The lowest BCUT2D eigenvalue weighted by Crippen LogP contribution is -2.09. The molecule has 2 aromatic rings. The minimum atomic E-state index is -0.244. The molecule has 2 nitrogen and oxygen atoms in total. The summed E-state index contributed by atoms with van der Waals surface area (Å²) in [5, 5.41) is 0. The number of carbonyl (C=O) groups is 1. The van der Waals surface area contributed by atoms with E-state index in [0.29, 0.717) is 12.2 Å². The highest BCUT2D eigenvalue weighted by atomic mass is 16.5. The highest BCUT2D eigenvalue weighted by molar-refractivity contribution is 5.90. The third-order valence-electron chi connectivity index (χ3n) is 4.00. The molecule has 0 unspecified atom stereocenters. The minimum Gasteiger partial charge on any atom is -0.458 e. The fourth-order valence-corrected chi connectivity index (χ4v) is 2.71. The van der Waals surface area contributed by atoms with Crippen molar-refractivity contribution in [1.29, 1.82) is 0 Å². The zero-order valence-electron chi connectivity index (χ0n) is 12.6. The zero-order chi connectivity index (χ0) is 15.2. The molecule has 0 radical (unpaired) electrons. The number of esters is 1. The van der Waals surface area contributed by atoms with E-state index >= 15 is 0 Å². The first-order chi connectivity index (χ1) is 10.8. The predicted molar refractivity (Wildman–Crippen MR) is 88.7 cm³/mol. The molecule has 2 heteroatoms. The van der Waals surface area contributed by atoms with Gasteiger partial charge in [-0.15, -0.1) is 0 Å². The maximum atomic E-state index is 12.1. The summed E-state index contributed by atoms with van der Waals surface area (Å²) in [7, 11) is 0. The second-order valence-electron chi connectivity index (χ2n) is 5.63. The molecule has 0 bridgehead atoms. The Bertz CT molecular complexity index is 654. The van der Waals surface area contributed by atoms with Crippen LogP contribution in [0.1, 0.15) is 36.0 Å². The number of carbonyl (C=O) groups excluding carboxylic acids is 1. The quantitative estimate of drug-likeness (QED) is 0.585. The fourth-order valence-electron chi connectivity index (χ4n) is 2.71. The third-order valence-corrected chi connectivity index (χ3v) is 4.00. The van der Waals surface area contributed by atoms with Crippen molar-refractivity contribution in [3.63, 3.8) is 0 Å². The number of allylic oxidation sites excluding steroid dienone is 1. The zero-order valence-corrected chi connectivity index (χ0v) is 12.6. The molecule has 112 valence electrons. The molecule has 0 saturated carbocycles. The van der Waals surface area contributed by atoms with Gasteiger partial charge < -0.3 is 4.74 Å². The summed E-state index contributed by atoms with van der Waals surface area (Å²) in [5.74, 6) is -0.244. The molecule has 1 aliphatic rings. The van der Waals surface area contributed by atoms with Gasteiger partial charge >= 0.3 is 5.97 Å². The van der Waals surface area contributed by atoms with Gasteiger partial charge in [0.2, 0.25) is 0 Å². The van der Waals surface area contributed by atoms with Gasteiger partial charge in [0.15, 0.2) is 0 Å². The second kappa shape index (κ2) is 7.08. The number of benzene rings is 2. The van der Waals surface area contributed by atoms with Crippen LogP contribution in [0.3, 0.4) is 0 Å². The van der Waals surface area contributed by atoms with E-state index in [1.165, 1.54) is 18.4 Å². The Morgan fingerprint density at radius 3 is 2.32 bits per heavy atom. The van der Waals surface area contributed by atoms with Crippen LogP contribution in [-0.4, -0.2) is 12.6 Å². The SMILES string of the molecule is O=C(OCC1=CCCCC1)c1ccc(-c2ccccc2)cc1. The van der Waals surface area contributed by atoms with Crippen molar-refractivity contribution >= 4 is 5.97 Å². The van der Waals surface area contributed by atoms with Crippen molar-refractivity contribution in [2.45, 2.75) is 25.7 Å². The van der Waals surface area contributed by atoms with E-state index in [9.17, 15) is 4.79 Å². The Kier molecular flexibility index (Phi) is 4.69. The maximum absolute atomic E-state index is 12.1. The molecule has 1 aliphatic carbocycles. The Hall–Kier alpha value is -2.35. The maximum Gasteiger partial charge on any atom is 0.338 e. The van der Waals surface area contributed by atoms with Gasteiger partial charge in [0.05, 0.1) is 5.56 Å². The monoisotopic (exact) mass is 292 g/mol. The van der Waals surface area contributed by atoms with Crippen LogP contribution in [0.25, 0.3) is 11.1 Å². The predicted octanol–water partition coefficient (Wildman–Crippen LogP) is 5.01. The Morgan fingerprint density at radius 1 is 0.909 bits per heavy atom. The lowest BCUT2D eigenvalue weighted by atomic mass is 10.0. The van der Waals surface area contributed by atoms with Gasteiger partial charge in [0.25, 0.3) is 0 Å². The first-order valence-corrected chi connectivity index (χ1v) is 7.83. The van der Waals surface area contributed by atoms with Gasteiger partial charge in [0.1, 0.15) is 6.61 Å². The van der Waals surface area contributed by atoms with E-state index < -0.39 is 0 Å². The summed E-state index contributed by atoms with van der Waals surface area (Å²) >= 11 is 0. The van der Waals surface area contributed by atoms with Crippen LogP contribution in [0.15, 0.2) is 66.2 Å². The van der Waals surface area contributed by atoms with Crippen molar-refractivity contribution in [1.82, 2.24) is 0 Å². The standard InChI is InChI=1S/C20H20O2/c21-20(22-15-16-7-3-1-4-8-16)19-13-11-18(12-14-19)17-9-5-2-6-10-17/h2,5-7,9-14H,1,3-4,8,15H2. The van der Waals surface area contributed by atoms with Crippen LogP contribution in [0, 0.1) is 0 Å². The van der Waals surface area contributed by atoms with Crippen LogP contribution >= 0.6 is 0 Å². The van der Waals surface area contributed by atoms with Crippen LogP contribution in [0.5, 0.6) is 0 Å². The number of hydrogen-bond donors (Lipinski definition) is 0. The molecule has 0 spiro atoms. The molecule has 0 aliphatic heterocycles. The average molecular weight is 292 g/mol. The van der Waals surface area contributed by atoms with Crippen molar-refractivity contribution in [2.24, 2.45) is 0 Å². The molecule has 0 fully saturated rings. The molecule has 0 N–H and O–H groups in total. The van der Waals surface area contributed by atoms with Crippen LogP contribution < -0.4 is 0 Å². The Morgan fingerprint density at radius 2 is 1.64 bits per heavy atom. The fraction of sp³-hybridized carbons (Fsp3) is 0.250. The van der Waals surface area contributed by atoms with E-state index in [1.54, 1.807) is 0 Å². The lowest BCUT2D eigenvalue weighted by molar-refractivity contribution is 0.0536. The van der Waals surface area contributed by atoms with Crippen molar-refractivity contribution in [3.05, 3.63) is 71.8 Å². The largest absolute Gasteiger partial charge is 0.458 e. The van der Waals surface area contributed by atoms with Crippen molar-refractivity contribution in [3.8, 4) is 11.1 Å². The van der Waals surface area contributed by atoms with Gasteiger partial charge in [0, 0.05) is 0 Å². The smallest absolute Gasteiger partial charge is 0.338 e. The number of rotatable bonds is 4. The van der Waals surface area contributed by atoms with E-state index in [0.717, 1.165) is 24.0 Å². The third kappa shape index (κ3) is 3.64. The van der Waals surface area contributed by atoms with Gasteiger partial charge in [-0.2, -0.15) is 0 Å². The second-order valence-corrected chi connectivity index (χ2v) is 5.63. The van der Waals surface area contributed by atoms with Gasteiger partial charge in [-0.1, -0.05) is 48.5 Å². The summed E-state index contributed by atoms with van der Waals surface area (Å²) in [6.07, 6.45) is 6.82. The van der Waals surface area contributed by atoms with E-state index in [2.05, 4.69) is 18.2 Å². The molecule has 22 heavy (non-hydrogen) atoms. The highest BCUT2D eigenvalue weighted by Gasteiger charge is 2.10. The molecule has 0 heterocycles. The molecule has 0 atom stereocenters. The van der Waals surface area contributed by atoms with Crippen molar-refractivity contribution in [2.75, 3.05) is 6.61 Å². The number of hydrogen-bond acceptors (Lipinski definition) is 2. The first kappa shape index (κ1) is 14.6. The summed E-state index contributed by atoms with van der Waals surface area (Å²) in [6.45, 7) is 0.430. The van der Waals surface area contributed by atoms with E-state index in [4.69, 9.17) is 4.74 Å².